The van der Waals surface area contributed by atoms with Crippen molar-refractivity contribution in [2.45, 2.75) is 65.2 Å². The highest BCUT2D eigenvalue weighted by atomic mass is 16.2. The number of amides is 2. The van der Waals surface area contributed by atoms with Gasteiger partial charge in [0.25, 0.3) is 5.91 Å². The standard InChI is InChI=1S/C21H36N2O2/c1-4-8-21(25)23(17-24)16-20-12-10-19(11-13-20)15-22-14-7-5-6-9-18(2)3/h4,8,17,19-20,22H,2,5-7,9-16H2,1,3H3/b8-4-. The molecule has 1 aliphatic carbocycles. The molecular formula is C21H36N2O2. The quantitative estimate of drug-likeness (QED) is 0.250. The van der Waals surface area contributed by atoms with E-state index < -0.39 is 0 Å². The van der Waals surface area contributed by atoms with Gasteiger partial charge in [-0.2, -0.15) is 0 Å². The molecule has 0 unspecified atom stereocenters. The average Bonchev–Trinajstić information content (AvgIpc) is 2.60. The van der Waals surface area contributed by atoms with Crippen LogP contribution in [0.15, 0.2) is 24.3 Å². The average molecular weight is 349 g/mol. The molecule has 0 aliphatic heterocycles. The van der Waals surface area contributed by atoms with Crippen molar-refractivity contribution in [3.63, 3.8) is 0 Å². The number of carbonyl (C=O) groups excluding carboxylic acids is 2. The molecule has 0 atom stereocenters. The first-order valence-electron chi connectivity index (χ1n) is 9.80. The molecule has 4 heteroatoms. The van der Waals surface area contributed by atoms with Gasteiger partial charge in [-0.15, -0.1) is 6.58 Å². The molecule has 4 nitrogen and oxygen atoms in total. The molecule has 25 heavy (non-hydrogen) atoms. The molecule has 2 amide bonds. The van der Waals surface area contributed by atoms with Crippen LogP contribution in [0.4, 0.5) is 0 Å². The van der Waals surface area contributed by atoms with Gasteiger partial charge >= 0.3 is 0 Å². The second kappa shape index (κ2) is 12.9. The largest absolute Gasteiger partial charge is 0.316 e. The highest BCUT2D eigenvalue weighted by Gasteiger charge is 2.23. The number of hydrogen-bond donors (Lipinski definition) is 1. The first-order valence-corrected chi connectivity index (χ1v) is 9.80. The van der Waals surface area contributed by atoms with Gasteiger partial charge in [-0.05, 0) is 89.8 Å². The van der Waals surface area contributed by atoms with Crippen LogP contribution < -0.4 is 5.32 Å². The van der Waals surface area contributed by atoms with Gasteiger partial charge in [0, 0.05) is 6.54 Å². The molecule has 142 valence electrons. The lowest BCUT2D eigenvalue weighted by atomic mass is 9.81. The number of allylic oxidation sites excluding steroid dienone is 2. The lowest BCUT2D eigenvalue weighted by Gasteiger charge is -2.30. The second-order valence-corrected chi connectivity index (χ2v) is 7.45. The van der Waals surface area contributed by atoms with E-state index in [0.717, 1.165) is 38.3 Å². The number of rotatable bonds is 12. The van der Waals surface area contributed by atoms with Gasteiger partial charge in [0.15, 0.2) is 0 Å². The smallest absolute Gasteiger partial charge is 0.252 e. The molecule has 1 saturated carbocycles. The number of carbonyl (C=O) groups is 2. The Hall–Kier alpha value is -1.42. The van der Waals surface area contributed by atoms with Crippen molar-refractivity contribution in [1.29, 1.82) is 0 Å². The van der Waals surface area contributed by atoms with Gasteiger partial charge in [-0.25, -0.2) is 0 Å². The Bertz CT molecular complexity index is 437. The molecule has 0 saturated heterocycles. The zero-order valence-corrected chi connectivity index (χ0v) is 16.1. The van der Waals surface area contributed by atoms with E-state index in [1.807, 2.05) is 0 Å². The van der Waals surface area contributed by atoms with Crippen molar-refractivity contribution in [3.8, 4) is 0 Å². The van der Waals surface area contributed by atoms with Crippen LogP contribution in [0.3, 0.4) is 0 Å². The topological polar surface area (TPSA) is 49.4 Å². The van der Waals surface area contributed by atoms with Crippen LogP contribution in [0.5, 0.6) is 0 Å². The molecule has 1 rings (SSSR count). The Morgan fingerprint density at radius 2 is 1.84 bits per heavy atom. The highest BCUT2D eigenvalue weighted by molar-refractivity contribution is 5.94. The number of hydrogen-bond acceptors (Lipinski definition) is 3. The van der Waals surface area contributed by atoms with Crippen molar-refractivity contribution >= 4 is 12.3 Å². The Kier molecular flexibility index (Phi) is 11.1. The number of nitrogens with zero attached hydrogens (tertiary/aromatic N) is 1. The minimum absolute atomic E-state index is 0.201. The zero-order chi connectivity index (χ0) is 18.5. The highest BCUT2D eigenvalue weighted by Crippen LogP contribution is 2.28. The van der Waals surface area contributed by atoms with E-state index in [0.29, 0.717) is 18.9 Å². The SMILES string of the molecule is C=C(C)CCCCCNCC1CCC(CN(C=O)C(=O)/C=C\C)CC1. The maximum atomic E-state index is 11.8. The predicted octanol–water partition coefficient (Wildman–Crippen LogP) is 4.08. The van der Waals surface area contributed by atoms with E-state index >= 15 is 0 Å². The maximum Gasteiger partial charge on any atom is 0.252 e. The molecule has 0 bridgehead atoms. The molecule has 0 spiro atoms. The predicted molar refractivity (Wildman–Crippen MR) is 104 cm³/mol. The summed E-state index contributed by atoms with van der Waals surface area (Å²) in [6, 6.07) is 0. The number of nitrogens with one attached hydrogen (secondary N) is 1. The van der Waals surface area contributed by atoms with Crippen LogP contribution in [-0.4, -0.2) is 36.9 Å². The summed E-state index contributed by atoms with van der Waals surface area (Å²) in [5.74, 6) is 0.994. The molecule has 1 fully saturated rings. The van der Waals surface area contributed by atoms with Gasteiger partial charge in [0.1, 0.15) is 0 Å². The Balaban J connectivity index is 2.12. The van der Waals surface area contributed by atoms with Gasteiger partial charge in [-0.1, -0.05) is 18.1 Å². The lowest BCUT2D eigenvalue weighted by Crippen LogP contribution is -2.35. The summed E-state index contributed by atoms with van der Waals surface area (Å²) in [6.07, 6.45) is 13.3. The fourth-order valence-electron chi connectivity index (χ4n) is 3.48. The Morgan fingerprint density at radius 1 is 1.16 bits per heavy atom. The number of imide groups is 1. The summed E-state index contributed by atoms with van der Waals surface area (Å²) in [5, 5.41) is 3.59. The summed E-state index contributed by atoms with van der Waals surface area (Å²) >= 11 is 0. The van der Waals surface area contributed by atoms with E-state index in [9.17, 15) is 9.59 Å². The third-order valence-corrected chi connectivity index (χ3v) is 5.03. The third-order valence-electron chi connectivity index (χ3n) is 5.03. The summed E-state index contributed by atoms with van der Waals surface area (Å²) < 4.78 is 0. The van der Waals surface area contributed by atoms with Crippen molar-refractivity contribution < 1.29 is 9.59 Å². The minimum Gasteiger partial charge on any atom is -0.316 e. The summed E-state index contributed by atoms with van der Waals surface area (Å²) in [5.41, 5.74) is 1.28. The fraction of sp³-hybridized carbons (Fsp3) is 0.714. The van der Waals surface area contributed by atoms with Crippen LogP contribution in [0.25, 0.3) is 0 Å². The van der Waals surface area contributed by atoms with Crippen LogP contribution in [0.1, 0.15) is 65.2 Å². The van der Waals surface area contributed by atoms with Crippen LogP contribution in [-0.2, 0) is 9.59 Å². The monoisotopic (exact) mass is 348 g/mol. The molecule has 0 radical (unpaired) electrons. The van der Waals surface area contributed by atoms with E-state index in [-0.39, 0.29) is 5.91 Å². The normalized spacial score (nSPS) is 20.6. The molecular weight excluding hydrogens is 312 g/mol. The van der Waals surface area contributed by atoms with Gasteiger partial charge in [0.05, 0.1) is 0 Å². The minimum atomic E-state index is -0.201. The van der Waals surface area contributed by atoms with E-state index in [4.69, 9.17) is 0 Å². The molecule has 0 aromatic carbocycles. The van der Waals surface area contributed by atoms with E-state index in [2.05, 4.69) is 18.8 Å². The molecule has 1 aliphatic rings. The number of unbranched alkanes of at least 4 members (excludes halogenated alkanes) is 2. The van der Waals surface area contributed by atoms with Crippen LogP contribution in [0.2, 0.25) is 0 Å². The van der Waals surface area contributed by atoms with Gasteiger partial charge in [-0.3, -0.25) is 14.5 Å². The maximum absolute atomic E-state index is 11.8. The molecule has 0 aromatic rings. The fourth-order valence-corrected chi connectivity index (χ4v) is 3.48. The summed E-state index contributed by atoms with van der Waals surface area (Å²) in [6.45, 7) is 10.6. The van der Waals surface area contributed by atoms with Crippen molar-refractivity contribution in [1.82, 2.24) is 10.2 Å². The third kappa shape index (κ3) is 9.59. The first-order chi connectivity index (χ1) is 12.1. The summed E-state index contributed by atoms with van der Waals surface area (Å²) in [7, 11) is 0. The molecule has 0 heterocycles. The Morgan fingerprint density at radius 3 is 2.44 bits per heavy atom. The van der Waals surface area contributed by atoms with Crippen molar-refractivity contribution in [3.05, 3.63) is 24.3 Å². The Labute approximate surface area is 153 Å². The van der Waals surface area contributed by atoms with Gasteiger partial charge < -0.3 is 5.32 Å². The van der Waals surface area contributed by atoms with Crippen LogP contribution >= 0.6 is 0 Å². The summed E-state index contributed by atoms with van der Waals surface area (Å²) in [4.78, 5) is 24.2. The lowest BCUT2D eigenvalue weighted by molar-refractivity contribution is -0.135. The zero-order valence-electron chi connectivity index (χ0n) is 16.1. The first kappa shape index (κ1) is 21.6. The van der Waals surface area contributed by atoms with Crippen molar-refractivity contribution in [2.75, 3.05) is 19.6 Å². The van der Waals surface area contributed by atoms with Crippen molar-refractivity contribution in [2.24, 2.45) is 11.8 Å². The van der Waals surface area contributed by atoms with E-state index in [1.165, 1.54) is 48.7 Å². The van der Waals surface area contributed by atoms with Crippen LogP contribution in [0, 0.1) is 11.8 Å². The van der Waals surface area contributed by atoms with E-state index in [1.54, 1.807) is 13.0 Å². The molecule has 1 N–H and O–H groups in total. The second-order valence-electron chi connectivity index (χ2n) is 7.45. The van der Waals surface area contributed by atoms with Gasteiger partial charge in [0.2, 0.25) is 6.41 Å². The molecule has 0 aromatic heterocycles.